The van der Waals surface area contributed by atoms with E-state index >= 15 is 0 Å². The number of halogens is 1. The van der Waals surface area contributed by atoms with E-state index in [-0.39, 0.29) is 30.5 Å². The van der Waals surface area contributed by atoms with E-state index < -0.39 is 0 Å². The van der Waals surface area contributed by atoms with Gasteiger partial charge in [-0.15, -0.1) is 12.4 Å². The molecule has 1 aliphatic heterocycles. The lowest BCUT2D eigenvalue weighted by molar-refractivity contribution is 0.190. The number of para-hydroxylation sites is 1. The normalized spacial score (nSPS) is 17.6. The van der Waals surface area contributed by atoms with E-state index in [2.05, 4.69) is 31.0 Å². The first-order valence-corrected chi connectivity index (χ1v) is 8.46. The number of likely N-dealkylation sites (N-methyl/N-ethyl adjacent to an activating group) is 1. The number of rotatable bonds is 4. The van der Waals surface area contributed by atoms with Crippen LogP contribution in [0.5, 0.6) is 0 Å². The molecule has 142 valence electrons. The molecule has 2 heterocycles. The topological polar surface area (TPSA) is 95.3 Å². The maximum atomic E-state index is 12.0. The summed E-state index contributed by atoms with van der Waals surface area (Å²) in [5.41, 5.74) is 1.33. The number of benzene rings is 1. The molecule has 9 heteroatoms. The van der Waals surface area contributed by atoms with Crippen LogP contribution in [0.25, 0.3) is 11.5 Å². The number of urea groups is 1. The fourth-order valence-corrected chi connectivity index (χ4v) is 2.77. The maximum absolute atomic E-state index is 12.0. The Bertz CT molecular complexity index is 736. The molecular formula is C17H25ClN6O2. The van der Waals surface area contributed by atoms with Crippen molar-refractivity contribution in [3.63, 3.8) is 0 Å². The molecule has 2 aromatic rings. The van der Waals surface area contributed by atoms with E-state index in [1.807, 2.05) is 45.2 Å². The molecule has 1 aromatic heterocycles. The third kappa shape index (κ3) is 4.72. The number of anilines is 1. The summed E-state index contributed by atoms with van der Waals surface area (Å²) >= 11 is 0. The number of nitrogens with zero attached hydrogens (tertiary/aromatic N) is 3. The third-order valence-electron chi connectivity index (χ3n) is 4.08. The Morgan fingerprint density at radius 1 is 1.38 bits per heavy atom. The van der Waals surface area contributed by atoms with Crippen LogP contribution in [0.3, 0.4) is 0 Å². The van der Waals surface area contributed by atoms with Crippen molar-refractivity contribution in [2.75, 3.05) is 32.0 Å². The van der Waals surface area contributed by atoms with E-state index in [4.69, 9.17) is 4.52 Å². The highest BCUT2D eigenvalue weighted by Gasteiger charge is 2.26. The molecule has 1 saturated heterocycles. The Hall–Kier alpha value is -2.16. The average molecular weight is 381 g/mol. The largest absolute Gasteiger partial charge is 0.336 e. The van der Waals surface area contributed by atoms with Gasteiger partial charge in [-0.3, -0.25) is 4.90 Å². The number of nitrogens with one attached hydrogen (secondary N) is 3. The van der Waals surface area contributed by atoms with Crippen molar-refractivity contribution >= 4 is 24.1 Å². The van der Waals surface area contributed by atoms with Gasteiger partial charge in [0.2, 0.25) is 0 Å². The molecule has 0 aliphatic carbocycles. The van der Waals surface area contributed by atoms with Gasteiger partial charge in [0.05, 0.1) is 17.3 Å². The predicted octanol–water partition coefficient (Wildman–Crippen LogP) is 2.26. The summed E-state index contributed by atoms with van der Waals surface area (Å²) in [5.74, 6) is 1.04. The van der Waals surface area contributed by atoms with Crippen molar-refractivity contribution in [1.29, 1.82) is 0 Å². The Balaban J connectivity index is 0.00000243. The van der Waals surface area contributed by atoms with Crippen molar-refractivity contribution in [2.45, 2.75) is 25.9 Å². The second-order valence-electron chi connectivity index (χ2n) is 6.46. The minimum atomic E-state index is -0.265. The quantitative estimate of drug-likeness (QED) is 0.753. The molecular weight excluding hydrogens is 356 g/mol. The molecule has 8 nitrogen and oxygen atoms in total. The van der Waals surface area contributed by atoms with Gasteiger partial charge in [0.1, 0.15) is 0 Å². The summed E-state index contributed by atoms with van der Waals surface area (Å²) in [6.07, 6.45) is 0. The molecule has 0 radical (unpaired) electrons. The molecule has 1 aliphatic rings. The first-order valence-electron chi connectivity index (χ1n) is 8.46. The molecule has 0 bridgehead atoms. The first-order chi connectivity index (χ1) is 12.0. The van der Waals surface area contributed by atoms with Crippen molar-refractivity contribution in [3.05, 3.63) is 30.1 Å². The summed E-state index contributed by atoms with van der Waals surface area (Å²) in [5, 5.41) is 13.1. The number of hydrogen-bond acceptors (Lipinski definition) is 6. The number of hydrogen-bond donors (Lipinski definition) is 3. The summed E-state index contributed by atoms with van der Waals surface area (Å²) < 4.78 is 5.47. The molecule has 1 atom stereocenters. The SMILES string of the molecule is CC(C)NC(=O)Nc1ccccc1-c1nc(C2CNCCN2C)no1.Cl. The van der Waals surface area contributed by atoms with Gasteiger partial charge in [-0.05, 0) is 33.0 Å². The van der Waals surface area contributed by atoms with Crippen LogP contribution < -0.4 is 16.0 Å². The fourth-order valence-electron chi connectivity index (χ4n) is 2.77. The standard InChI is InChI=1S/C17H24N6O2.ClH/c1-11(2)19-17(24)20-13-7-5-4-6-12(13)16-21-15(22-25-16)14-10-18-8-9-23(14)3;/h4-7,11,14,18H,8-10H2,1-3H3,(H2,19,20,24);1H. The third-order valence-corrected chi connectivity index (χ3v) is 4.08. The van der Waals surface area contributed by atoms with Crippen LogP contribution in [0.2, 0.25) is 0 Å². The zero-order chi connectivity index (χ0) is 17.8. The lowest BCUT2D eigenvalue weighted by Gasteiger charge is -2.30. The Labute approximate surface area is 159 Å². The van der Waals surface area contributed by atoms with E-state index in [0.29, 0.717) is 23.0 Å². The molecule has 0 spiro atoms. The number of aromatic nitrogens is 2. The highest BCUT2D eigenvalue weighted by Crippen LogP contribution is 2.28. The van der Waals surface area contributed by atoms with Gasteiger partial charge < -0.3 is 20.5 Å². The minimum Gasteiger partial charge on any atom is -0.336 e. The molecule has 1 fully saturated rings. The molecule has 3 N–H and O–H groups in total. The van der Waals surface area contributed by atoms with Crippen molar-refractivity contribution in [2.24, 2.45) is 0 Å². The molecule has 3 rings (SSSR count). The monoisotopic (exact) mass is 380 g/mol. The van der Waals surface area contributed by atoms with E-state index in [1.54, 1.807) is 0 Å². The zero-order valence-corrected chi connectivity index (χ0v) is 16.0. The lowest BCUT2D eigenvalue weighted by Crippen LogP contribution is -2.44. The summed E-state index contributed by atoms with van der Waals surface area (Å²) in [6, 6.07) is 7.26. The number of amides is 2. The second kappa shape index (κ2) is 8.98. The van der Waals surface area contributed by atoms with Crippen LogP contribution >= 0.6 is 12.4 Å². The number of carbonyl (C=O) groups is 1. The predicted molar refractivity (Wildman–Crippen MR) is 103 cm³/mol. The van der Waals surface area contributed by atoms with Crippen LogP contribution in [-0.2, 0) is 0 Å². The smallest absolute Gasteiger partial charge is 0.319 e. The second-order valence-corrected chi connectivity index (χ2v) is 6.46. The molecule has 1 unspecified atom stereocenters. The van der Waals surface area contributed by atoms with Gasteiger partial charge in [0.15, 0.2) is 5.82 Å². The Kier molecular flexibility index (Phi) is 6.96. The van der Waals surface area contributed by atoms with Crippen LogP contribution in [0.4, 0.5) is 10.5 Å². The van der Waals surface area contributed by atoms with E-state index in [0.717, 1.165) is 19.6 Å². The molecule has 26 heavy (non-hydrogen) atoms. The van der Waals surface area contributed by atoms with Crippen LogP contribution in [0, 0.1) is 0 Å². The van der Waals surface area contributed by atoms with Gasteiger partial charge in [-0.25, -0.2) is 4.79 Å². The van der Waals surface area contributed by atoms with Gasteiger partial charge in [0, 0.05) is 25.7 Å². The summed E-state index contributed by atoms with van der Waals surface area (Å²) in [7, 11) is 2.05. The minimum absolute atomic E-state index is 0. The highest BCUT2D eigenvalue weighted by molar-refractivity contribution is 5.93. The lowest BCUT2D eigenvalue weighted by atomic mass is 10.1. The van der Waals surface area contributed by atoms with Gasteiger partial charge >= 0.3 is 6.03 Å². The fraction of sp³-hybridized carbons (Fsp3) is 0.471. The number of piperazine rings is 1. The molecule has 1 aromatic carbocycles. The summed E-state index contributed by atoms with van der Waals surface area (Å²) in [6.45, 7) is 6.48. The van der Waals surface area contributed by atoms with Gasteiger partial charge in [-0.2, -0.15) is 4.98 Å². The van der Waals surface area contributed by atoms with Crippen LogP contribution in [0.15, 0.2) is 28.8 Å². The average Bonchev–Trinajstić information content (AvgIpc) is 3.04. The van der Waals surface area contributed by atoms with Crippen molar-refractivity contribution in [1.82, 2.24) is 25.7 Å². The van der Waals surface area contributed by atoms with Gasteiger partial charge in [-0.1, -0.05) is 17.3 Å². The molecule has 2 amide bonds. The highest BCUT2D eigenvalue weighted by atomic mass is 35.5. The van der Waals surface area contributed by atoms with Crippen molar-refractivity contribution in [3.8, 4) is 11.5 Å². The summed E-state index contributed by atoms with van der Waals surface area (Å²) in [4.78, 5) is 18.8. The van der Waals surface area contributed by atoms with E-state index in [1.165, 1.54) is 0 Å². The Morgan fingerprint density at radius 2 is 2.15 bits per heavy atom. The van der Waals surface area contributed by atoms with Crippen LogP contribution in [-0.4, -0.2) is 53.8 Å². The number of carbonyl (C=O) groups excluding carboxylic acids is 1. The van der Waals surface area contributed by atoms with Crippen molar-refractivity contribution < 1.29 is 9.32 Å². The Morgan fingerprint density at radius 3 is 2.88 bits per heavy atom. The van der Waals surface area contributed by atoms with E-state index in [9.17, 15) is 4.79 Å². The molecule has 0 saturated carbocycles. The zero-order valence-electron chi connectivity index (χ0n) is 15.2. The maximum Gasteiger partial charge on any atom is 0.319 e. The first kappa shape index (κ1) is 20.2. The van der Waals surface area contributed by atoms with Gasteiger partial charge in [0.25, 0.3) is 5.89 Å². The van der Waals surface area contributed by atoms with Crippen LogP contribution in [0.1, 0.15) is 25.7 Å².